The van der Waals surface area contributed by atoms with Crippen LogP contribution in [0.5, 0.6) is 0 Å². The summed E-state index contributed by atoms with van der Waals surface area (Å²) in [7, 11) is -2.89. The summed E-state index contributed by atoms with van der Waals surface area (Å²) in [5.41, 5.74) is 0.877. The predicted molar refractivity (Wildman–Crippen MR) is 74.5 cm³/mol. The fourth-order valence-corrected chi connectivity index (χ4v) is 4.74. The zero-order valence-electron chi connectivity index (χ0n) is 8.87. The van der Waals surface area contributed by atoms with Crippen molar-refractivity contribution in [2.45, 2.75) is 11.8 Å². The molecular weight excluding hydrogens is 347 g/mol. The molecular formula is C11H11BrCl2O2S. The molecule has 0 radical (unpaired) electrons. The Hall–Kier alpha value is 0.230. The molecule has 2 rings (SSSR count). The number of rotatable bonds is 2. The van der Waals surface area contributed by atoms with Crippen LogP contribution in [0.3, 0.4) is 0 Å². The first-order valence-corrected chi connectivity index (χ1v) is 8.61. The molecule has 1 aliphatic rings. The van der Waals surface area contributed by atoms with E-state index in [0.717, 1.165) is 10.0 Å². The number of sulfone groups is 1. The normalized spacial score (nSPS) is 24.8. The Morgan fingerprint density at radius 3 is 2.65 bits per heavy atom. The average Bonchev–Trinajstić information content (AvgIpc) is 2.62. The Morgan fingerprint density at radius 1 is 1.41 bits per heavy atom. The minimum atomic E-state index is -2.89. The maximum absolute atomic E-state index is 11.4. The van der Waals surface area contributed by atoms with Crippen molar-refractivity contribution in [1.29, 1.82) is 0 Å². The summed E-state index contributed by atoms with van der Waals surface area (Å²) in [6, 6.07) is 5.49. The van der Waals surface area contributed by atoms with Crippen molar-refractivity contribution < 1.29 is 8.42 Å². The van der Waals surface area contributed by atoms with E-state index < -0.39 is 9.84 Å². The Bertz CT molecular complexity index is 530. The second-order valence-corrected chi connectivity index (χ2v) is 8.20. The first-order valence-electron chi connectivity index (χ1n) is 5.18. The van der Waals surface area contributed by atoms with Crippen LogP contribution in [0.1, 0.15) is 17.4 Å². The lowest BCUT2D eigenvalue weighted by molar-refractivity contribution is 0.569. The Morgan fingerprint density at radius 2 is 2.12 bits per heavy atom. The van der Waals surface area contributed by atoms with Crippen molar-refractivity contribution in [2.75, 3.05) is 11.5 Å². The molecule has 1 aromatic carbocycles. The van der Waals surface area contributed by atoms with E-state index in [4.69, 9.17) is 23.2 Å². The van der Waals surface area contributed by atoms with Crippen molar-refractivity contribution >= 4 is 49.0 Å². The molecule has 0 N–H and O–H groups in total. The van der Waals surface area contributed by atoms with Crippen molar-refractivity contribution in [3.05, 3.63) is 33.3 Å². The summed E-state index contributed by atoms with van der Waals surface area (Å²) in [6.45, 7) is 0. The smallest absolute Gasteiger partial charge is 0.150 e. The zero-order chi connectivity index (χ0) is 12.6. The average molecular weight is 358 g/mol. The van der Waals surface area contributed by atoms with Crippen LogP contribution in [-0.4, -0.2) is 19.9 Å². The summed E-state index contributed by atoms with van der Waals surface area (Å²) in [5.74, 6) is 0.402. The maximum Gasteiger partial charge on any atom is 0.150 e. The molecule has 0 aromatic heterocycles. The van der Waals surface area contributed by atoms with Crippen LogP contribution < -0.4 is 0 Å². The van der Waals surface area contributed by atoms with Crippen LogP contribution in [-0.2, 0) is 9.84 Å². The Labute approximate surface area is 119 Å². The van der Waals surface area contributed by atoms with Gasteiger partial charge in [0.2, 0.25) is 0 Å². The molecule has 1 saturated heterocycles. The van der Waals surface area contributed by atoms with Gasteiger partial charge >= 0.3 is 0 Å². The van der Waals surface area contributed by atoms with Gasteiger partial charge in [0, 0.05) is 4.47 Å². The van der Waals surface area contributed by atoms with Gasteiger partial charge in [-0.3, -0.25) is 0 Å². The van der Waals surface area contributed by atoms with E-state index in [1.54, 1.807) is 6.07 Å². The van der Waals surface area contributed by atoms with Gasteiger partial charge in [0.15, 0.2) is 9.84 Å². The molecule has 0 bridgehead atoms. The summed E-state index contributed by atoms with van der Waals surface area (Å²) < 4.78 is 23.6. The molecule has 2 unspecified atom stereocenters. The third-order valence-electron chi connectivity index (χ3n) is 2.94. The Kier molecular flexibility index (Phi) is 4.08. The fourth-order valence-electron chi connectivity index (χ4n) is 2.01. The number of alkyl halides is 1. The summed E-state index contributed by atoms with van der Waals surface area (Å²) >= 11 is 15.6. The van der Waals surface area contributed by atoms with Crippen LogP contribution in [0.25, 0.3) is 0 Å². The summed E-state index contributed by atoms with van der Waals surface area (Å²) in [5, 5.41) is 0.298. The van der Waals surface area contributed by atoms with Crippen molar-refractivity contribution in [3.8, 4) is 0 Å². The van der Waals surface area contributed by atoms with Gasteiger partial charge in [-0.05, 0) is 46.0 Å². The fraction of sp³-hybridized carbons (Fsp3) is 0.455. The minimum absolute atomic E-state index is 0.0149. The molecule has 2 nitrogen and oxygen atoms in total. The van der Waals surface area contributed by atoms with Crippen molar-refractivity contribution in [2.24, 2.45) is 5.92 Å². The van der Waals surface area contributed by atoms with Crippen molar-refractivity contribution in [1.82, 2.24) is 0 Å². The highest BCUT2D eigenvalue weighted by atomic mass is 79.9. The third kappa shape index (κ3) is 3.16. The lowest BCUT2D eigenvalue weighted by Gasteiger charge is -2.16. The summed E-state index contributed by atoms with van der Waals surface area (Å²) in [6.07, 6.45) is 0.629. The first-order chi connectivity index (χ1) is 7.89. The molecule has 0 aliphatic carbocycles. The molecule has 1 heterocycles. The predicted octanol–water partition coefficient (Wildman–Crippen LogP) is 3.82. The topological polar surface area (TPSA) is 34.1 Å². The SMILES string of the molecule is O=S1(=O)CCC(C(Cl)c2ccc(Br)c(Cl)c2)C1. The number of halogens is 3. The second-order valence-electron chi connectivity index (χ2n) is 4.24. The van der Waals surface area contributed by atoms with E-state index in [1.165, 1.54) is 0 Å². The van der Waals surface area contributed by atoms with Crippen LogP contribution in [0.4, 0.5) is 0 Å². The van der Waals surface area contributed by atoms with E-state index >= 15 is 0 Å². The van der Waals surface area contributed by atoms with Gasteiger partial charge in [-0.15, -0.1) is 11.6 Å². The molecule has 0 amide bonds. The van der Waals surface area contributed by atoms with Gasteiger partial charge in [-0.2, -0.15) is 0 Å². The molecule has 2 atom stereocenters. The highest BCUT2D eigenvalue weighted by Gasteiger charge is 2.33. The van der Waals surface area contributed by atoms with Crippen LogP contribution >= 0.6 is 39.1 Å². The molecule has 1 fully saturated rings. The highest BCUT2D eigenvalue weighted by Crippen LogP contribution is 2.38. The van der Waals surface area contributed by atoms with E-state index in [1.807, 2.05) is 12.1 Å². The molecule has 94 valence electrons. The van der Waals surface area contributed by atoms with Gasteiger partial charge in [-0.25, -0.2) is 8.42 Å². The number of benzene rings is 1. The highest BCUT2D eigenvalue weighted by molar-refractivity contribution is 9.10. The molecule has 17 heavy (non-hydrogen) atoms. The van der Waals surface area contributed by atoms with E-state index in [-0.39, 0.29) is 22.8 Å². The molecule has 0 spiro atoms. The zero-order valence-corrected chi connectivity index (χ0v) is 12.8. The molecule has 1 aliphatic heterocycles. The van der Waals surface area contributed by atoms with E-state index in [0.29, 0.717) is 11.4 Å². The van der Waals surface area contributed by atoms with Crippen LogP contribution in [0.15, 0.2) is 22.7 Å². The van der Waals surface area contributed by atoms with Crippen molar-refractivity contribution in [3.63, 3.8) is 0 Å². The summed E-state index contributed by atoms with van der Waals surface area (Å²) in [4.78, 5) is 0. The quantitative estimate of drug-likeness (QED) is 0.754. The third-order valence-corrected chi connectivity index (χ3v) is 6.58. The lowest BCUT2D eigenvalue weighted by atomic mass is 9.98. The molecule has 0 saturated carbocycles. The minimum Gasteiger partial charge on any atom is -0.229 e. The van der Waals surface area contributed by atoms with Gasteiger partial charge in [0.05, 0.1) is 21.9 Å². The number of hydrogen-bond acceptors (Lipinski definition) is 2. The molecule has 6 heteroatoms. The Balaban J connectivity index is 2.20. The van der Waals surface area contributed by atoms with Gasteiger partial charge in [0.1, 0.15) is 0 Å². The second kappa shape index (κ2) is 5.08. The van der Waals surface area contributed by atoms with E-state index in [2.05, 4.69) is 15.9 Å². The van der Waals surface area contributed by atoms with Gasteiger partial charge in [0.25, 0.3) is 0 Å². The standard InChI is InChI=1S/C11H11BrCl2O2S/c12-9-2-1-7(5-10(9)13)11(14)8-3-4-17(15,16)6-8/h1-2,5,8,11H,3-4,6H2. The molecule has 1 aromatic rings. The van der Waals surface area contributed by atoms with Crippen LogP contribution in [0.2, 0.25) is 5.02 Å². The van der Waals surface area contributed by atoms with Gasteiger partial charge in [-0.1, -0.05) is 17.7 Å². The largest absolute Gasteiger partial charge is 0.229 e. The van der Waals surface area contributed by atoms with Crippen LogP contribution in [0, 0.1) is 5.92 Å². The van der Waals surface area contributed by atoms with Gasteiger partial charge < -0.3 is 0 Å². The monoisotopic (exact) mass is 356 g/mol. The lowest BCUT2D eigenvalue weighted by Crippen LogP contribution is -2.10. The first kappa shape index (κ1) is 13.7. The van der Waals surface area contributed by atoms with E-state index in [9.17, 15) is 8.42 Å². The maximum atomic E-state index is 11.4. The number of hydrogen-bond donors (Lipinski definition) is 0.